The first-order valence-corrected chi connectivity index (χ1v) is 2.70. The highest BCUT2D eigenvalue weighted by atomic mass is 16.5. The van der Waals surface area contributed by atoms with Crippen LogP contribution in [0.15, 0.2) is 0 Å². The van der Waals surface area contributed by atoms with E-state index in [9.17, 15) is 4.79 Å². The molecular formula is C4H9N3O2. The lowest BCUT2D eigenvalue weighted by Gasteiger charge is -2.08. The summed E-state index contributed by atoms with van der Waals surface area (Å²) in [5.41, 5.74) is 4.80. The minimum Gasteiger partial charge on any atom is -0.352 e. The van der Waals surface area contributed by atoms with Gasteiger partial charge in [-0.05, 0) is 0 Å². The zero-order valence-corrected chi connectivity index (χ0v) is 4.89. The highest BCUT2D eigenvalue weighted by Gasteiger charge is 2.13. The number of nitrogens with two attached hydrogens (primary N) is 1. The van der Waals surface area contributed by atoms with E-state index in [-0.39, 0.29) is 6.35 Å². The second-order valence-corrected chi connectivity index (χ2v) is 1.71. The first-order chi connectivity index (χ1) is 4.29. The Morgan fingerprint density at radius 1 is 1.89 bits per heavy atom. The van der Waals surface area contributed by atoms with Crippen LogP contribution in [-0.2, 0) is 4.74 Å². The van der Waals surface area contributed by atoms with Gasteiger partial charge in [0.1, 0.15) is 0 Å². The van der Waals surface area contributed by atoms with Crippen molar-refractivity contribution in [3.63, 3.8) is 0 Å². The monoisotopic (exact) mass is 131 g/mol. The standard InChI is InChI=1S/C4H9N3O2/c5-3(8)7-4-6-1-2-9-4/h4,6H,1-2H2,(H3,5,7,8). The van der Waals surface area contributed by atoms with Gasteiger partial charge in [0, 0.05) is 6.54 Å². The molecule has 1 saturated heterocycles. The summed E-state index contributed by atoms with van der Waals surface area (Å²) in [6.45, 7) is 1.37. The fraction of sp³-hybridized carbons (Fsp3) is 0.750. The highest BCUT2D eigenvalue weighted by Crippen LogP contribution is 1.88. The highest BCUT2D eigenvalue weighted by molar-refractivity contribution is 5.71. The van der Waals surface area contributed by atoms with Crippen molar-refractivity contribution in [2.75, 3.05) is 13.2 Å². The molecule has 0 aromatic rings. The largest absolute Gasteiger partial charge is 0.352 e. The Hall–Kier alpha value is -0.810. The van der Waals surface area contributed by atoms with E-state index in [0.717, 1.165) is 6.54 Å². The third-order valence-electron chi connectivity index (χ3n) is 0.990. The van der Waals surface area contributed by atoms with Crippen molar-refractivity contribution < 1.29 is 9.53 Å². The van der Waals surface area contributed by atoms with Crippen LogP contribution in [0.1, 0.15) is 0 Å². The van der Waals surface area contributed by atoms with Gasteiger partial charge in [-0.1, -0.05) is 0 Å². The average Bonchev–Trinajstić information content (AvgIpc) is 2.15. The van der Waals surface area contributed by atoms with Crippen LogP contribution in [0.5, 0.6) is 0 Å². The molecule has 1 fully saturated rings. The first-order valence-electron chi connectivity index (χ1n) is 2.70. The molecule has 5 heteroatoms. The molecule has 0 aliphatic carbocycles. The fourth-order valence-corrected chi connectivity index (χ4v) is 0.648. The quantitative estimate of drug-likeness (QED) is 0.408. The summed E-state index contributed by atoms with van der Waals surface area (Å²) >= 11 is 0. The lowest BCUT2D eigenvalue weighted by atomic mass is 10.7. The van der Waals surface area contributed by atoms with Crippen LogP contribution in [-0.4, -0.2) is 25.5 Å². The van der Waals surface area contributed by atoms with Crippen LogP contribution in [0, 0.1) is 0 Å². The fourth-order valence-electron chi connectivity index (χ4n) is 0.648. The maximum Gasteiger partial charge on any atom is 0.315 e. The summed E-state index contributed by atoms with van der Waals surface area (Å²) in [4.78, 5) is 10.1. The van der Waals surface area contributed by atoms with Crippen molar-refractivity contribution in [1.82, 2.24) is 10.6 Å². The predicted octanol–water partition coefficient (Wildman–Crippen LogP) is -1.44. The second kappa shape index (κ2) is 2.65. The summed E-state index contributed by atoms with van der Waals surface area (Å²) < 4.78 is 4.94. The number of urea groups is 1. The van der Waals surface area contributed by atoms with Crippen molar-refractivity contribution in [3.05, 3.63) is 0 Å². The molecular weight excluding hydrogens is 122 g/mol. The summed E-state index contributed by atoms with van der Waals surface area (Å²) in [6.07, 6.45) is -0.387. The maximum absolute atomic E-state index is 10.1. The molecule has 0 aromatic carbocycles. The van der Waals surface area contributed by atoms with E-state index in [0.29, 0.717) is 6.61 Å². The van der Waals surface area contributed by atoms with Gasteiger partial charge in [0.2, 0.25) is 0 Å². The number of primary amides is 1. The van der Waals surface area contributed by atoms with Gasteiger partial charge in [-0.15, -0.1) is 0 Å². The maximum atomic E-state index is 10.1. The summed E-state index contributed by atoms with van der Waals surface area (Å²) in [5, 5.41) is 5.20. The van der Waals surface area contributed by atoms with Crippen molar-refractivity contribution >= 4 is 6.03 Å². The van der Waals surface area contributed by atoms with E-state index in [4.69, 9.17) is 10.5 Å². The molecule has 1 rings (SSSR count). The minimum atomic E-state index is -0.575. The van der Waals surface area contributed by atoms with Crippen LogP contribution >= 0.6 is 0 Å². The molecule has 1 atom stereocenters. The number of hydrogen-bond donors (Lipinski definition) is 3. The number of carbonyl (C=O) groups excluding carboxylic acids is 1. The smallest absolute Gasteiger partial charge is 0.315 e. The Labute approximate surface area is 52.5 Å². The van der Waals surface area contributed by atoms with Gasteiger partial charge in [-0.2, -0.15) is 0 Å². The third-order valence-corrected chi connectivity index (χ3v) is 0.990. The molecule has 1 aliphatic heterocycles. The van der Waals surface area contributed by atoms with Gasteiger partial charge < -0.3 is 10.5 Å². The van der Waals surface area contributed by atoms with E-state index in [2.05, 4.69) is 10.6 Å². The molecule has 1 aliphatic rings. The van der Waals surface area contributed by atoms with Crippen molar-refractivity contribution in [1.29, 1.82) is 0 Å². The molecule has 5 nitrogen and oxygen atoms in total. The average molecular weight is 131 g/mol. The Morgan fingerprint density at radius 3 is 3.11 bits per heavy atom. The lowest BCUT2D eigenvalue weighted by molar-refractivity contribution is 0.0822. The minimum absolute atomic E-state index is 0.387. The number of nitrogens with one attached hydrogen (secondary N) is 2. The Kier molecular flexibility index (Phi) is 1.86. The first kappa shape index (κ1) is 6.31. The van der Waals surface area contributed by atoms with Gasteiger partial charge in [0.25, 0.3) is 0 Å². The molecule has 9 heavy (non-hydrogen) atoms. The zero-order valence-electron chi connectivity index (χ0n) is 4.89. The number of amides is 2. The van der Waals surface area contributed by atoms with Gasteiger partial charge >= 0.3 is 6.03 Å². The normalized spacial score (nSPS) is 26.0. The van der Waals surface area contributed by atoms with Crippen LogP contribution < -0.4 is 16.4 Å². The van der Waals surface area contributed by atoms with Crippen molar-refractivity contribution in [2.24, 2.45) is 5.73 Å². The summed E-state index contributed by atoms with van der Waals surface area (Å²) in [5.74, 6) is 0. The molecule has 0 saturated carbocycles. The van der Waals surface area contributed by atoms with Crippen molar-refractivity contribution in [2.45, 2.75) is 6.35 Å². The van der Waals surface area contributed by atoms with E-state index < -0.39 is 6.03 Å². The SMILES string of the molecule is NC(=O)NC1NCCO1. The predicted molar refractivity (Wildman–Crippen MR) is 30.5 cm³/mol. The van der Waals surface area contributed by atoms with Crippen LogP contribution in [0.4, 0.5) is 4.79 Å². The number of carbonyl (C=O) groups is 1. The summed E-state index contributed by atoms with van der Waals surface area (Å²) in [6, 6.07) is -0.575. The van der Waals surface area contributed by atoms with E-state index in [1.54, 1.807) is 0 Å². The van der Waals surface area contributed by atoms with Crippen LogP contribution in [0.25, 0.3) is 0 Å². The van der Waals surface area contributed by atoms with E-state index in [1.807, 2.05) is 0 Å². The molecule has 1 heterocycles. The molecule has 4 N–H and O–H groups in total. The molecule has 0 spiro atoms. The Balaban J connectivity index is 2.19. The van der Waals surface area contributed by atoms with Gasteiger partial charge in [0.15, 0.2) is 6.35 Å². The van der Waals surface area contributed by atoms with Crippen LogP contribution in [0.2, 0.25) is 0 Å². The number of hydrogen-bond acceptors (Lipinski definition) is 3. The molecule has 0 aromatic heterocycles. The molecule has 2 amide bonds. The second-order valence-electron chi connectivity index (χ2n) is 1.71. The lowest BCUT2D eigenvalue weighted by Crippen LogP contribution is -2.44. The van der Waals surface area contributed by atoms with E-state index >= 15 is 0 Å². The molecule has 0 bridgehead atoms. The number of rotatable bonds is 1. The van der Waals surface area contributed by atoms with Crippen LogP contribution in [0.3, 0.4) is 0 Å². The summed E-state index contributed by atoms with van der Waals surface area (Å²) in [7, 11) is 0. The third kappa shape index (κ3) is 1.87. The molecule has 0 radical (unpaired) electrons. The van der Waals surface area contributed by atoms with E-state index in [1.165, 1.54) is 0 Å². The topological polar surface area (TPSA) is 76.4 Å². The molecule has 52 valence electrons. The Bertz CT molecular complexity index is 110. The molecule has 1 unspecified atom stereocenters. The van der Waals surface area contributed by atoms with Gasteiger partial charge in [0.05, 0.1) is 6.61 Å². The van der Waals surface area contributed by atoms with Gasteiger partial charge in [-0.25, -0.2) is 4.79 Å². The van der Waals surface area contributed by atoms with Crippen molar-refractivity contribution in [3.8, 4) is 0 Å². The zero-order chi connectivity index (χ0) is 6.69. The number of ether oxygens (including phenoxy) is 1. The Morgan fingerprint density at radius 2 is 2.67 bits per heavy atom. The van der Waals surface area contributed by atoms with Gasteiger partial charge in [-0.3, -0.25) is 10.6 Å².